The molecule has 0 unspecified atom stereocenters. The summed E-state index contributed by atoms with van der Waals surface area (Å²) in [5.41, 5.74) is 2.23. The fourth-order valence-corrected chi connectivity index (χ4v) is 4.71. The average molecular weight is 548 g/mol. The molecular weight excluding hydrogens is 523 g/mol. The van der Waals surface area contributed by atoms with Crippen LogP contribution in [-0.2, 0) is 24.4 Å². The van der Waals surface area contributed by atoms with Crippen LogP contribution in [0.15, 0.2) is 77.3 Å². The lowest BCUT2D eigenvalue weighted by atomic mass is 10.1. The van der Waals surface area contributed by atoms with Gasteiger partial charge < -0.3 is 14.7 Å². The van der Waals surface area contributed by atoms with E-state index < -0.39 is 18.2 Å². The Bertz CT molecular complexity index is 1130. The fourth-order valence-electron chi connectivity index (χ4n) is 4.11. The maximum absolute atomic E-state index is 14.6. The standard InChI is InChI=1S/C26H25BrClFN2O3/c27-21-10-11-23(29)20(12-21)14-30(13-19-8-4-5-9-22(19)28)24-15-31(16-25(24)32)26(33)34-17-18-6-2-1-3-7-18/h1-12,24-25,32H,13-17H2/t24-,25-/m1/s1. The second kappa shape index (κ2) is 11.3. The van der Waals surface area contributed by atoms with Crippen LogP contribution in [0.3, 0.4) is 0 Å². The van der Waals surface area contributed by atoms with E-state index >= 15 is 0 Å². The topological polar surface area (TPSA) is 53.0 Å². The predicted molar refractivity (Wildman–Crippen MR) is 133 cm³/mol. The molecule has 0 aromatic heterocycles. The van der Waals surface area contributed by atoms with E-state index in [0.29, 0.717) is 17.1 Å². The molecule has 1 saturated heterocycles. The molecule has 3 aromatic rings. The highest BCUT2D eigenvalue weighted by Gasteiger charge is 2.38. The Hall–Kier alpha value is -2.45. The maximum atomic E-state index is 14.6. The summed E-state index contributed by atoms with van der Waals surface area (Å²) >= 11 is 9.79. The zero-order chi connectivity index (χ0) is 24.1. The summed E-state index contributed by atoms with van der Waals surface area (Å²) in [7, 11) is 0. The second-order valence-electron chi connectivity index (χ2n) is 8.31. The van der Waals surface area contributed by atoms with Gasteiger partial charge in [0.15, 0.2) is 0 Å². The van der Waals surface area contributed by atoms with Gasteiger partial charge in [0.2, 0.25) is 0 Å². The lowest BCUT2D eigenvalue weighted by molar-refractivity contribution is 0.0721. The number of β-amino-alcohol motifs (C(OH)–C–C–N with tert-alkyl or cyclic N) is 1. The Labute approximate surface area is 211 Å². The Morgan fingerprint density at radius 3 is 2.53 bits per heavy atom. The van der Waals surface area contributed by atoms with Gasteiger partial charge in [-0.2, -0.15) is 0 Å². The van der Waals surface area contributed by atoms with Crippen LogP contribution in [0.2, 0.25) is 5.02 Å². The van der Waals surface area contributed by atoms with Crippen molar-refractivity contribution < 1.29 is 19.0 Å². The van der Waals surface area contributed by atoms with Gasteiger partial charge in [-0.15, -0.1) is 0 Å². The number of benzene rings is 3. The monoisotopic (exact) mass is 546 g/mol. The van der Waals surface area contributed by atoms with Crippen LogP contribution in [0.4, 0.5) is 9.18 Å². The molecule has 4 rings (SSSR count). The molecule has 0 aliphatic carbocycles. The summed E-state index contributed by atoms with van der Waals surface area (Å²) in [6.45, 7) is 1.18. The smallest absolute Gasteiger partial charge is 0.410 e. The Morgan fingerprint density at radius 1 is 1.06 bits per heavy atom. The van der Waals surface area contributed by atoms with Crippen LogP contribution in [-0.4, -0.2) is 46.2 Å². The molecule has 0 bridgehead atoms. The minimum Gasteiger partial charge on any atom is -0.445 e. The van der Waals surface area contributed by atoms with Crippen LogP contribution in [0, 0.1) is 5.82 Å². The van der Waals surface area contributed by atoms with Crippen molar-refractivity contribution in [1.82, 2.24) is 9.80 Å². The number of likely N-dealkylation sites (tertiary alicyclic amines) is 1. The molecule has 5 nitrogen and oxygen atoms in total. The third-order valence-electron chi connectivity index (χ3n) is 5.90. The molecule has 2 atom stereocenters. The lowest BCUT2D eigenvalue weighted by Crippen LogP contribution is -2.43. The number of carbonyl (C=O) groups excluding carboxylic acids is 1. The van der Waals surface area contributed by atoms with E-state index in [0.717, 1.165) is 15.6 Å². The van der Waals surface area contributed by atoms with Crippen LogP contribution in [0.5, 0.6) is 0 Å². The van der Waals surface area contributed by atoms with Crippen molar-refractivity contribution in [2.45, 2.75) is 31.8 Å². The first kappa shape index (κ1) is 24.7. The molecule has 1 amide bonds. The van der Waals surface area contributed by atoms with Gasteiger partial charge in [-0.05, 0) is 35.4 Å². The summed E-state index contributed by atoms with van der Waals surface area (Å²) < 4.78 is 20.8. The van der Waals surface area contributed by atoms with Crippen LogP contribution in [0.25, 0.3) is 0 Å². The molecule has 0 spiro atoms. The van der Waals surface area contributed by atoms with E-state index in [1.165, 1.54) is 11.0 Å². The van der Waals surface area contributed by atoms with E-state index in [1.807, 2.05) is 53.4 Å². The van der Waals surface area contributed by atoms with Gasteiger partial charge in [-0.25, -0.2) is 9.18 Å². The summed E-state index contributed by atoms with van der Waals surface area (Å²) in [6.07, 6.45) is -1.31. The van der Waals surface area contributed by atoms with Gasteiger partial charge in [0.05, 0.1) is 18.7 Å². The summed E-state index contributed by atoms with van der Waals surface area (Å²) in [5, 5.41) is 11.5. The van der Waals surface area contributed by atoms with Gasteiger partial charge >= 0.3 is 6.09 Å². The summed E-state index contributed by atoms with van der Waals surface area (Å²) in [5.74, 6) is -0.334. The van der Waals surface area contributed by atoms with Gasteiger partial charge in [0, 0.05) is 34.7 Å². The van der Waals surface area contributed by atoms with E-state index in [4.69, 9.17) is 16.3 Å². The number of ether oxygens (including phenoxy) is 1. The zero-order valence-corrected chi connectivity index (χ0v) is 20.8. The van der Waals surface area contributed by atoms with Crippen molar-refractivity contribution in [3.8, 4) is 0 Å². The van der Waals surface area contributed by atoms with E-state index in [9.17, 15) is 14.3 Å². The average Bonchev–Trinajstić information content (AvgIpc) is 3.23. The minimum absolute atomic E-state index is 0.137. The van der Waals surface area contributed by atoms with Gasteiger partial charge in [-0.3, -0.25) is 4.90 Å². The number of amides is 1. The number of rotatable bonds is 7. The van der Waals surface area contributed by atoms with Crippen LogP contribution >= 0.6 is 27.5 Å². The van der Waals surface area contributed by atoms with Crippen LogP contribution in [0.1, 0.15) is 16.7 Å². The largest absolute Gasteiger partial charge is 0.445 e. The van der Waals surface area contributed by atoms with E-state index in [-0.39, 0.29) is 32.1 Å². The third kappa shape index (κ3) is 6.16. The fraction of sp³-hybridized carbons (Fsp3) is 0.269. The number of carbonyl (C=O) groups is 1. The summed E-state index contributed by atoms with van der Waals surface area (Å²) in [4.78, 5) is 16.1. The SMILES string of the molecule is O=C(OCc1ccccc1)N1C[C@@H](O)[C@H](N(Cc2cc(Br)ccc2F)Cc2ccccc2Cl)C1. The molecule has 1 fully saturated rings. The first-order chi connectivity index (χ1) is 16.4. The van der Waals surface area contributed by atoms with Crippen LogP contribution < -0.4 is 0 Å². The maximum Gasteiger partial charge on any atom is 0.410 e. The highest BCUT2D eigenvalue weighted by Crippen LogP contribution is 2.26. The van der Waals surface area contributed by atoms with Gasteiger partial charge in [0.25, 0.3) is 0 Å². The predicted octanol–water partition coefficient (Wildman–Crippen LogP) is 5.63. The number of nitrogens with zero attached hydrogens (tertiary/aromatic N) is 2. The molecule has 8 heteroatoms. The molecule has 0 saturated carbocycles. The number of hydrogen-bond donors (Lipinski definition) is 1. The van der Waals surface area contributed by atoms with E-state index in [1.54, 1.807) is 18.2 Å². The quantitative estimate of drug-likeness (QED) is 0.417. The Morgan fingerprint density at radius 2 is 1.76 bits per heavy atom. The number of aliphatic hydroxyl groups excluding tert-OH is 1. The number of hydrogen-bond acceptors (Lipinski definition) is 4. The highest BCUT2D eigenvalue weighted by molar-refractivity contribution is 9.10. The molecule has 34 heavy (non-hydrogen) atoms. The van der Waals surface area contributed by atoms with Crippen molar-refractivity contribution >= 4 is 33.6 Å². The lowest BCUT2D eigenvalue weighted by Gasteiger charge is -2.31. The first-order valence-corrected chi connectivity index (χ1v) is 12.1. The Kier molecular flexibility index (Phi) is 8.21. The molecule has 1 N–H and O–H groups in total. The van der Waals surface area contributed by atoms with Gasteiger partial charge in [0.1, 0.15) is 12.4 Å². The molecule has 3 aromatic carbocycles. The molecular formula is C26H25BrClFN2O3. The van der Waals surface area contributed by atoms with E-state index in [2.05, 4.69) is 15.9 Å². The summed E-state index contributed by atoms with van der Waals surface area (Å²) in [6, 6.07) is 21.2. The number of aliphatic hydroxyl groups is 1. The van der Waals surface area contributed by atoms with Crippen molar-refractivity contribution in [3.05, 3.63) is 105 Å². The third-order valence-corrected chi connectivity index (χ3v) is 6.77. The van der Waals surface area contributed by atoms with Gasteiger partial charge in [-0.1, -0.05) is 76.1 Å². The molecule has 178 valence electrons. The van der Waals surface area contributed by atoms with Crippen molar-refractivity contribution in [2.75, 3.05) is 13.1 Å². The second-order valence-corrected chi connectivity index (χ2v) is 9.63. The molecule has 1 heterocycles. The molecule has 0 radical (unpaired) electrons. The van der Waals surface area contributed by atoms with Crippen molar-refractivity contribution in [1.29, 1.82) is 0 Å². The van der Waals surface area contributed by atoms with Crippen molar-refractivity contribution in [3.63, 3.8) is 0 Å². The normalized spacial score (nSPS) is 17.9. The minimum atomic E-state index is -0.818. The zero-order valence-electron chi connectivity index (χ0n) is 18.4. The Balaban J connectivity index is 1.51. The first-order valence-electron chi connectivity index (χ1n) is 11.0. The number of halogens is 3. The van der Waals surface area contributed by atoms with Crippen molar-refractivity contribution in [2.24, 2.45) is 0 Å². The molecule has 1 aliphatic rings. The molecule has 1 aliphatic heterocycles. The highest BCUT2D eigenvalue weighted by atomic mass is 79.9.